The van der Waals surface area contributed by atoms with Crippen molar-refractivity contribution in [3.8, 4) is 11.5 Å². The second-order valence-electron chi connectivity index (χ2n) is 8.08. The van der Waals surface area contributed by atoms with E-state index in [4.69, 9.17) is 9.47 Å². The summed E-state index contributed by atoms with van der Waals surface area (Å²) >= 11 is 0. The van der Waals surface area contributed by atoms with Gasteiger partial charge in [0.05, 0.1) is 20.3 Å². The van der Waals surface area contributed by atoms with Crippen LogP contribution in [0.1, 0.15) is 42.1 Å². The first kappa shape index (κ1) is 22.0. The van der Waals surface area contributed by atoms with Gasteiger partial charge in [0, 0.05) is 25.7 Å². The number of methoxy groups -OCH3 is 2. The van der Waals surface area contributed by atoms with Crippen molar-refractivity contribution < 1.29 is 14.3 Å². The molecule has 0 unspecified atom stereocenters. The van der Waals surface area contributed by atoms with Crippen LogP contribution in [0.4, 0.5) is 4.79 Å². The van der Waals surface area contributed by atoms with Crippen molar-refractivity contribution in [1.82, 2.24) is 15.5 Å². The molecule has 1 atom stereocenters. The second kappa shape index (κ2) is 9.85. The molecule has 6 nitrogen and oxygen atoms in total. The minimum atomic E-state index is -0.145. The number of hydrogen-bond acceptors (Lipinski definition) is 4. The van der Waals surface area contributed by atoms with Gasteiger partial charge in [0.2, 0.25) is 0 Å². The largest absolute Gasteiger partial charge is 0.493 e. The van der Waals surface area contributed by atoms with E-state index in [1.54, 1.807) is 14.2 Å². The number of benzene rings is 2. The lowest BCUT2D eigenvalue weighted by Crippen LogP contribution is -2.45. The van der Waals surface area contributed by atoms with Gasteiger partial charge in [-0.25, -0.2) is 4.79 Å². The number of rotatable bonds is 7. The molecular formula is C24H33N3O3. The van der Waals surface area contributed by atoms with Crippen molar-refractivity contribution in [2.45, 2.75) is 45.8 Å². The fraction of sp³-hybridized carbons (Fsp3) is 0.458. The molecule has 0 saturated carbocycles. The molecule has 0 radical (unpaired) electrons. The van der Waals surface area contributed by atoms with Crippen molar-refractivity contribution in [3.63, 3.8) is 0 Å². The molecular weight excluding hydrogens is 378 g/mol. The van der Waals surface area contributed by atoms with Gasteiger partial charge in [-0.2, -0.15) is 0 Å². The molecule has 1 aliphatic heterocycles. The predicted molar refractivity (Wildman–Crippen MR) is 119 cm³/mol. The molecule has 2 N–H and O–H groups in total. The Labute approximate surface area is 179 Å². The normalized spacial score (nSPS) is 16.1. The van der Waals surface area contributed by atoms with Gasteiger partial charge < -0.3 is 20.1 Å². The average Bonchev–Trinajstić information content (AvgIpc) is 2.72. The molecule has 0 spiro atoms. The summed E-state index contributed by atoms with van der Waals surface area (Å²) in [6.07, 6.45) is 0.927. The number of aryl methyl sites for hydroxylation is 1. The Kier molecular flexibility index (Phi) is 7.21. The van der Waals surface area contributed by atoms with E-state index in [0.717, 1.165) is 25.3 Å². The van der Waals surface area contributed by atoms with Crippen LogP contribution < -0.4 is 20.1 Å². The van der Waals surface area contributed by atoms with E-state index in [1.165, 1.54) is 22.3 Å². The van der Waals surface area contributed by atoms with Crippen molar-refractivity contribution in [3.05, 3.63) is 58.7 Å². The maximum Gasteiger partial charge on any atom is 0.315 e. The fourth-order valence-corrected chi connectivity index (χ4v) is 4.02. The number of amides is 2. The summed E-state index contributed by atoms with van der Waals surface area (Å²) in [6, 6.07) is 12.6. The van der Waals surface area contributed by atoms with Crippen LogP contribution in [-0.2, 0) is 13.0 Å². The van der Waals surface area contributed by atoms with E-state index in [2.05, 4.69) is 58.9 Å². The molecule has 30 heavy (non-hydrogen) atoms. The summed E-state index contributed by atoms with van der Waals surface area (Å²) in [5.74, 6) is 1.46. The van der Waals surface area contributed by atoms with Gasteiger partial charge in [0.25, 0.3) is 0 Å². The van der Waals surface area contributed by atoms with Crippen LogP contribution in [0.2, 0.25) is 0 Å². The van der Waals surface area contributed by atoms with Gasteiger partial charge in [0.1, 0.15) is 0 Å². The Hall–Kier alpha value is -2.73. The van der Waals surface area contributed by atoms with Crippen molar-refractivity contribution in [1.29, 1.82) is 0 Å². The maximum atomic E-state index is 12.3. The minimum absolute atomic E-state index is 0.0473. The number of carbonyl (C=O) groups is 1. The highest BCUT2D eigenvalue weighted by atomic mass is 16.5. The smallest absolute Gasteiger partial charge is 0.315 e. The summed E-state index contributed by atoms with van der Waals surface area (Å²) in [7, 11) is 3.31. The zero-order valence-electron chi connectivity index (χ0n) is 18.6. The monoisotopic (exact) mass is 411 g/mol. The number of fused-ring (bicyclic) bond motifs is 1. The third kappa shape index (κ3) is 5.05. The lowest BCUT2D eigenvalue weighted by molar-refractivity contribution is 0.170. The molecule has 3 rings (SSSR count). The third-order valence-corrected chi connectivity index (χ3v) is 5.62. The molecule has 2 aromatic carbocycles. The first-order valence-electron chi connectivity index (χ1n) is 10.5. The maximum absolute atomic E-state index is 12.3. The quantitative estimate of drug-likeness (QED) is 0.727. The summed E-state index contributed by atoms with van der Waals surface area (Å²) in [5.41, 5.74) is 5.00. The molecule has 162 valence electrons. The van der Waals surface area contributed by atoms with Gasteiger partial charge in [-0.3, -0.25) is 4.90 Å². The Morgan fingerprint density at radius 2 is 1.87 bits per heavy atom. The van der Waals surface area contributed by atoms with E-state index in [9.17, 15) is 4.79 Å². The second-order valence-corrected chi connectivity index (χ2v) is 8.08. The molecule has 0 fully saturated rings. The molecule has 0 saturated heterocycles. The van der Waals surface area contributed by atoms with E-state index >= 15 is 0 Å². The van der Waals surface area contributed by atoms with E-state index < -0.39 is 0 Å². The molecule has 1 heterocycles. The van der Waals surface area contributed by atoms with Crippen LogP contribution in [-0.4, -0.2) is 44.3 Å². The summed E-state index contributed by atoms with van der Waals surface area (Å²) < 4.78 is 11.1. The summed E-state index contributed by atoms with van der Waals surface area (Å²) in [4.78, 5) is 14.7. The van der Waals surface area contributed by atoms with Gasteiger partial charge in [0.15, 0.2) is 11.5 Å². The van der Waals surface area contributed by atoms with Crippen molar-refractivity contribution in [2.75, 3.05) is 27.3 Å². The zero-order chi connectivity index (χ0) is 21.7. The topological polar surface area (TPSA) is 62.8 Å². The molecule has 1 aliphatic rings. The minimum Gasteiger partial charge on any atom is -0.493 e. The van der Waals surface area contributed by atoms with Crippen LogP contribution in [0.3, 0.4) is 0 Å². The van der Waals surface area contributed by atoms with E-state index in [0.29, 0.717) is 12.3 Å². The first-order valence-corrected chi connectivity index (χ1v) is 10.5. The molecule has 0 bridgehead atoms. The highest BCUT2D eigenvalue weighted by molar-refractivity contribution is 5.74. The first-order chi connectivity index (χ1) is 14.4. The zero-order valence-corrected chi connectivity index (χ0v) is 18.6. The van der Waals surface area contributed by atoms with Gasteiger partial charge in [-0.1, -0.05) is 24.3 Å². The summed E-state index contributed by atoms with van der Waals surface area (Å²) in [5, 5.41) is 5.96. The van der Waals surface area contributed by atoms with Gasteiger partial charge >= 0.3 is 6.03 Å². The van der Waals surface area contributed by atoms with Crippen molar-refractivity contribution in [2.24, 2.45) is 0 Å². The number of nitrogens with one attached hydrogen (secondary N) is 2. The van der Waals surface area contributed by atoms with Crippen LogP contribution >= 0.6 is 0 Å². The number of nitrogens with zero attached hydrogens (tertiary/aromatic N) is 1. The third-order valence-electron chi connectivity index (χ3n) is 5.62. The molecule has 0 aromatic heterocycles. The van der Waals surface area contributed by atoms with Crippen LogP contribution in [0.25, 0.3) is 0 Å². The average molecular weight is 412 g/mol. The molecule has 6 heteroatoms. The van der Waals surface area contributed by atoms with Crippen LogP contribution in [0.15, 0.2) is 36.4 Å². The summed E-state index contributed by atoms with van der Waals surface area (Å²) in [6.45, 7) is 8.32. The number of hydrogen-bond donors (Lipinski definition) is 2. The number of urea groups is 1. The SMILES string of the molecule is COc1cc2c(cc1OC)[C@H](CNC(=O)NC(C)C)N(Cc1ccccc1C)CC2. The van der Waals surface area contributed by atoms with E-state index in [1.807, 2.05) is 13.8 Å². The lowest BCUT2D eigenvalue weighted by atomic mass is 9.91. The highest BCUT2D eigenvalue weighted by Gasteiger charge is 2.29. The van der Waals surface area contributed by atoms with Crippen LogP contribution in [0, 0.1) is 6.92 Å². The predicted octanol–water partition coefficient (Wildman–Crippen LogP) is 3.82. The lowest BCUT2D eigenvalue weighted by Gasteiger charge is -2.38. The number of carbonyl (C=O) groups excluding carboxylic acids is 1. The van der Waals surface area contributed by atoms with E-state index in [-0.39, 0.29) is 18.1 Å². The Morgan fingerprint density at radius 1 is 1.17 bits per heavy atom. The Bertz CT molecular complexity index is 882. The van der Waals surface area contributed by atoms with Crippen LogP contribution in [0.5, 0.6) is 11.5 Å². The molecule has 2 aromatic rings. The Balaban J connectivity index is 1.91. The highest BCUT2D eigenvalue weighted by Crippen LogP contribution is 2.38. The number of ether oxygens (including phenoxy) is 2. The fourth-order valence-electron chi connectivity index (χ4n) is 4.02. The Morgan fingerprint density at radius 3 is 2.53 bits per heavy atom. The standard InChI is InChI=1S/C24H33N3O3/c1-16(2)26-24(28)25-14-21-20-13-23(30-5)22(29-4)12-18(20)10-11-27(21)15-19-9-7-6-8-17(19)3/h6-9,12-13,16,21H,10-11,14-15H2,1-5H3,(H2,25,26,28)/t21-/m0/s1. The molecule has 0 aliphatic carbocycles. The van der Waals surface area contributed by atoms with Crippen molar-refractivity contribution >= 4 is 6.03 Å². The van der Waals surface area contributed by atoms with Gasteiger partial charge in [-0.05, 0) is 61.6 Å². The van der Waals surface area contributed by atoms with Gasteiger partial charge in [-0.15, -0.1) is 0 Å². The molecule has 2 amide bonds.